The largest absolute Gasteiger partial charge is 0.383 e. The smallest absolute Gasteiger partial charge is 0.334 e. The van der Waals surface area contributed by atoms with Gasteiger partial charge in [-0.2, -0.15) is 9.97 Å². The monoisotopic (exact) mass is 607 g/mol. The van der Waals surface area contributed by atoms with Crippen LogP contribution in [0.3, 0.4) is 0 Å². The molecule has 16 heteroatoms. The highest BCUT2D eigenvalue weighted by atomic mass is 31.2. The van der Waals surface area contributed by atoms with Gasteiger partial charge in [0.15, 0.2) is 0 Å². The second-order valence-corrected chi connectivity index (χ2v) is 12.7. The summed E-state index contributed by atoms with van der Waals surface area (Å²) >= 11 is 0. The van der Waals surface area contributed by atoms with Crippen LogP contribution in [-0.4, -0.2) is 104 Å². The number of hydrogen-bond acceptors (Lipinski definition) is 11. The number of anilines is 3. The number of aryl methyl sites for hydroxylation is 1. The third kappa shape index (κ3) is 11.1. The molecule has 15 nitrogen and oxygen atoms in total. The number of carbonyl (C=O) groups excluding carboxylic acids is 1. The first-order valence-corrected chi connectivity index (χ1v) is 16.8. The SMILES string of the molecule is Nc1cc(N2CCCN(C(=O)CP(=O)(O)O)CC2)nc(NCc2cn(CCCNCCCNC3CCCCC3)nn2)n1. The van der Waals surface area contributed by atoms with Gasteiger partial charge >= 0.3 is 7.60 Å². The molecule has 1 saturated carbocycles. The summed E-state index contributed by atoms with van der Waals surface area (Å²) in [5, 5.41) is 18.8. The van der Waals surface area contributed by atoms with Crippen LogP contribution in [-0.2, 0) is 22.4 Å². The molecule has 234 valence electrons. The minimum Gasteiger partial charge on any atom is -0.383 e. The number of nitrogens with zero attached hydrogens (tertiary/aromatic N) is 7. The van der Waals surface area contributed by atoms with Crippen molar-refractivity contribution >= 4 is 31.1 Å². The Morgan fingerprint density at radius 3 is 2.64 bits per heavy atom. The highest BCUT2D eigenvalue weighted by Gasteiger charge is 2.26. The number of nitrogens with two attached hydrogens (primary N) is 1. The van der Waals surface area contributed by atoms with Crippen LogP contribution in [0, 0.1) is 0 Å². The van der Waals surface area contributed by atoms with E-state index in [2.05, 4.69) is 36.2 Å². The Morgan fingerprint density at radius 2 is 1.83 bits per heavy atom. The second kappa shape index (κ2) is 16.1. The van der Waals surface area contributed by atoms with Crippen LogP contribution in [0.2, 0.25) is 0 Å². The molecule has 2 aromatic rings. The first kappa shape index (κ1) is 32.1. The Morgan fingerprint density at radius 1 is 1.02 bits per heavy atom. The molecular formula is C26H46N11O4P. The quantitative estimate of drug-likeness (QED) is 0.123. The van der Waals surface area contributed by atoms with Crippen molar-refractivity contribution in [3.05, 3.63) is 18.0 Å². The predicted molar refractivity (Wildman–Crippen MR) is 161 cm³/mol. The van der Waals surface area contributed by atoms with Crippen LogP contribution in [0.25, 0.3) is 0 Å². The number of nitrogens with one attached hydrogen (secondary N) is 3. The average molecular weight is 608 g/mol. The number of aromatic nitrogens is 5. The molecule has 1 aliphatic heterocycles. The maximum Gasteiger partial charge on any atom is 0.334 e. The molecule has 0 unspecified atom stereocenters. The zero-order chi connectivity index (χ0) is 29.8. The van der Waals surface area contributed by atoms with E-state index >= 15 is 0 Å². The highest BCUT2D eigenvalue weighted by Crippen LogP contribution is 2.34. The van der Waals surface area contributed by atoms with Crippen molar-refractivity contribution in [2.45, 2.75) is 70.5 Å². The standard InChI is InChI=1S/C26H46N11O4P/c27-23-17-24(35-12-6-13-36(16-15-35)25(38)20-42(39,40)41)32-26(31-23)30-18-22-19-37(34-33-22)14-5-10-28-9-4-11-29-21-7-2-1-3-8-21/h17,19,21,28-29H,1-16,18,20H2,(H2,39,40,41)(H3,27,30,31,32). The molecule has 2 fully saturated rings. The molecule has 1 amide bonds. The van der Waals surface area contributed by atoms with E-state index in [1.54, 1.807) is 6.07 Å². The van der Waals surface area contributed by atoms with Crippen molar-refractivity contribution in [2.24, 2.45) is 0 Å². The van der Waals surface area contributed by atoms with Gasteiger partial charge in [-0.25, -0.2) is 0 Å². The zero-order valence-corrected chi connectivity index (χ0v) is 25.2. The molecule has 0 atom stereocenters. The molecule has 42 heavy (non-hydrogen) atoms. The van der Waals surface area contributed by atoms with Crippen LogP contribution < -0.4 is 26.6 Å². The molecule has 0 bridgehead atoms. The van der Waals surface area contributed by atoms with Crippen molar-refractivity contribution in [1.82, 2.24) is 40.5 Å². The zero-order valence-electron chi connectivity index (χ0n) is 24.3. The van der Waals surface area contributed by atoms with E-state index < -0.39 is 19.7 Å². The molecular weight excluding hydrogens is 561 g/mol. The summed E-state index contributed by atoms with van der Waals surface area (Å²) < 4.78 is 13.1. The van der Waals surface area contributed by atoms with Crippen LogP contribution in [0.1, 0.15) is 57.1 Å². The molecule has 0 aromatic carbocycles. The topological polar surface area (TPSA) is 200 Å². The van der Waals surface area contributed by atoms with Gasteiger partial charge in [0.1, 0.15) is 23.5 Å². The van der Waals surface area contributed by atoms with Crippen molar-refractivity contribution < 1.29 is 19.1 Å². The summed E-state index contributed by atoms with van der Waals surface area (Å²) in [6.45, 7) is 6.03. The summed E-state index contributed by atoms with van der Waals surface area (Å²) in [6, 6.07) is 2.40. The molecule has 1 saturated heterocycles. The lowest BCUT2D eigenvalue weighted by atomic mass is 9.95. The predicted octanol–water partition coefficient (Wildman–Crippen LogP) is 0.771. The number of amides is 1. The lowest BCUT2D eigenvalue weighted by Crippen LogP contribution is -2.37. The van der Waals surface area contributed by atoms with Crippen LogP contribution in [0.4, 0.5) is 17.6 Å². The number of hydrogen-bond donors (Lipinski definition) is 6. The van der Waals surface area contributed by atoms with Gasteiger partial charge in [-0.3, -0.25) is 14.0 Å². The maximum absolute atomic E-state index is 12.2. The van der Waals surface area contributed by atoms with Gasteiger partial charge in [-0.15, -0.1) is 5.10 Å². The van der Waals surface area contributed by atoms with E-state index in [0.29, 0.717) is 56.7 Å². The minimum absolute atomic E-state index is 0.308. The fourth-order valence-corrected chi connectivity index (χ4v) is 5.93. The van der Waals surface area contributed by atoms with Gasteiger partial charge in [0.05, 0.1) is 12.7 Å². The second-order valence-electron chi connectivity index (χ2n) is 11.1. The van der Waals surface area contributed by atoms with Crippen molar-refractivity contribution in [1.29, 1.82) is 0 Å². The molecule has 7 N–H and O–H groups in total. The molecule has 0 spiro atoms. The summed E-state index contributed by atoms with van der Waals surface area (Å²) in [5.74, 6) is 0.745. The Balaban J connectivity index is 1.15. The van der Waals surface area contributed by atoms with Gasteiger partial charge < -0.3 is 41.3 Å². The van der Waals surface area contributed by atoms with Gasteiger partial charge in [0, 0.05) is 44.8 Å². The van der Waals surface area contributed by atoms with E-state index in [1.165, 1.54) is 37.0 Å². The van der Waals surface area contributed by atoms with Crippen LogP contribution in [0.15, 0.2) is 12.3 Å². The Hall–Kier alpha value is -2.84. The Kier molecular flexibility index (Phi) is 12.3. The van der Waals surface area contributed by atoms with Gasteiger partial charge in [-0.1, -0.05) is 24.5 Å². The molecule has 0 radical (unpaired) electrons. The van der Waals surface area contributed by atoms with E-state index in [4.69, 9.17) is 15.5 Å². The number of carbonyl (C=O) groups is 1. The number of rotatable bonds is 15. The molecule has 4 rings (SSSR count). The summed E-state index contributed by atoms with van der Waals surface area (Å²) in [5.41, 5.74) is 6.82. The maximum atomic E-state index is 12.2. The van der Waals surface area contributed by atoms with E-state index in [0.717, 1.165) is 50.8 Å². The van der Waals surface area contributed by atoms with Crippen molar-refractivity contribution in [3.63, 3.8) is 0 Å². The minimum atomic E-state index is -4.40. The van der Waals surface area contributed by atoms with Crippen molar-refractivity contribution in [3.8, 4) is 0 Å². The Labute approximate surface area is 247 Å². The Bertz CT molecular complexity index is 1170. The van der Waals surface area contributed by atoms with Gasteiger partial charge in [0.25, 0.3) is 0 Å². The van der Waals surface area contributed by atoms with Gasteiger partial charge in [-0.05, 0) is 51.7 Å². The summed E-state index contributed by atoms with van der Waals surface area (Å²) in [6.07, 6.45) is 10.6. The normalized spacial score (nSPS) is 16.9. The highest BCUT2D eigenvalue weighted by molar-refractivity contribution is 7.52. The van der Waals surface area contributed by atoms with Crippen molar-refractivity contribution in [2.75, 3.05) is 67.9 Å². The van der Waals surface area contributed by atoms with E-state index in [1.807, 2.05) is 15.8 Å². The van der Waals surface area contributed by atoms with Gasteiger partial charge in [0.2, 0.25) is 11.9 Å². The fourth-order valence-electron chi connectivity index (χ4n) is 5.38. The first-order valence-electron chi connectivity index (χ1n) is 15.0. The van der Waals surface area contributed by atoms with Crippen LogP contribution in [0.5, 0.6) is 0 Å². The number of nitrogen functional groups attached to an aromatic ring is 1. The average Bonchev–Trinajstić information content (AvgIpc) is 3.25. The summed E-state index contributed by atoms with van der Waals surface area (Å²) in [7, 11) is -4.40. The fraction of sp³-hybridized carbons (Fsp3) is 0.731. The van der Waals surface area contributed by atoms with E-state index in [-0.39, 0.29) is 0 Å². The summed E-state index contributed by atoms with van der Waals surface area (Å²) in [4.78, 5) is 42.9. The molecule has 3 heterocycles. The molecule has 2 aliphatic rings. The first-order chi connectivity index (χ1) is 20.2. The molecule has 2 aromatic heterocycles. The van der Waals surface area contributed by atoms with E-state index in [9.17, 15) is 9.36 Å². The third-order valence-electron chi connectivity index (χ3n) is 7.57. The molecule has 1 aliphatic carbocycles. The lowest BCUT2D eigenvalue weighted by molar-refractivity contribution is -0.128. The third-order valence-corrected chi connectivity index (χ3v) is 8.25. The lowest BCUT2D eigenvalue weighted by Gasteiger charge is -2.23. The van der Waals surface area contributed by atoms with Crippen LogP contribution >= 0.6 is 7.60 Å².